The molecule has 210 valence electrons. The van der Waals surface area contributed by atoms with Crippen molar-refractivity contribution in [3.63, 3.8) is 0 Å². The molecule has 0 spiro atoms. The van der Waals surface area contributed by atoms with E-state index in [0.29, 0.717) is 16.6 Å². The fourth-order valence-corrected chi connectivity index (χ4v) is 4.82. The second kappa shape index (κ2) is 11.4. The molecule has 3 heterocycles. The van der Waals surface area contributed by atoms with E-state index in [1.54, 1.807) is 30.5 Å². The van der Waals surface area contributed by atoms with E-state index in [1.807, 2.05) is 0 Å². The number of nitrogens with one attached hydrogen (secondary N) is 2. The largest absolute Gasteiger partial charge is 0.477 e. The Morgan fingerprint density at radius 1 is 1.20 bits per heavy atom. The molecule has 3 N–H and O–H groups in total. The molecular weight excluding hydrogens is 551 g/mol. The molecule has 40 heavy (non-hydrogen) atoms. The molecule has 4 rings (SSSR count). The Morgan fingerprint density at radius 2 is 1.95 bits per heavy atom. The van der Waals surface area contributed by atoms with E-state index in [4.69, 9.17) is 4.74 Å². The molecule has 0 radical (unpaired) electrons. The number of rotatable bonds is 8. The SMILES string of the molecule is COCCn1cc(C(=O)O)c(=O)c2cc(-c3cnc(NC(=O)NC(C)C)cc3-c3nc(C(F)(F)F)cs3)ccc21. The van der Waals surface area contributed by atoms with E-state index in [-0.39, 0.29) is 41.0 Å². The van der Waals surface area contributed by atoms with Crippen molar-refractivity contribution in [3.05, 3.63) is 63.5 Å². The minimum absolute atomic E-state index is 0.00827. The van der Waals surface area contributed by atoms with Crippen molar-refractivity contribution in [2.24, 2.45) is 0 Å². The summed E-state index contributed by atoms with van der Waals surface area (Å²) in [5.41, 5.74) is -0.855. The lowest BCUT2D eigenvalue weighted by molar-refractivity contribution is -0.140. The van der Waals surface area contributed by atoms with Gasteiger partial charge in [0, 0.05) is 54.0 Å². The van der Waals surface area contributed by atoms with Crippen LogP contribution in [0.25, 0.3) is 32.6 Å². The minimum Gasteiger partial charge on any atom is -0.477 e. The van der Waals surface area contributed by atoms with Crippen molar-refractivity contribution >= 4 is 40.1 Å². The molecule has 0 atom stereocenters. The van der Waals surface area contributed by atoms with Gasteiger partial charge in [-0.3, -0.25) is 10.1 Å². The van der Waals surface area contributed by atoms with Gasteiger partial charge in [-0.2, -0.15) is 13.2 Å². The number of pyridine rings is 2. The first kappa shape index (κ1) is 28.7. The van der Waals surface area contributed by atoms with E-state index in [0.717, 1.165) is 16.7 Å². The number of urea groups is 1. The number of aromatic carboxylic acids is 1. The van der Waals surface area contributed by atoms with Gasteiger partial charge in [0.2, 0.25) is 5.43 Å². The lowest BCUT2D eigenvalue weighted by Gasteiger charge is -2.15. The normalized spacial score (nSPS) is 11.7. The van der Waals surface area contributed by atoms with Gasteiger partial charge >= 0.3 is 18.2 Å². The maximum absolute atomic E-state index is 13.3. The van der Waals surface area contributed by atoms with Crippen LogP contribution in [0, 0.1) is 0 Å². The summed E-state index contributed by atoms with van der Waals surface area (Å²) >= 11 is 0.757. The van der Waals surface area contributed by atoms with Crippen molar-refractivity contribution in [2.45, 2.75) is 32.6 Å². The van der Waals surface area contributed by atoms with Gasteiger partial charge in [-0.25, -0.2) is 19.6 Å². The maximum Gasteiger partial charge on any atom is 0.434 e. The number of hydrogen-bond acceptors (Lipinski definition) is 7. The van der Waals surface area contributed by atoms with Gasteiger partial charge in [-0.1, -0.05) is 6.07 Å². The number of benzene rings is 1. The number of ether oxygens (including phenoxy) is 1. The zero-order chi connectivity index (χ0) is 29.2. The Balaban J connectivity index is 1.90. The van der Waals surface area contributed by atoms with Gasteiger partial charge in [0.15, 0.2) is 5.69 Å². The highest BCUT2D eigenvalue weighted by molar-refractivity contribution is 7.13. The summed E-state index contributed by atoms with van der Waals surface area (Å²) in [7, 11) is 1.49. The van der Waals surface area contributed by atoms with E-state index >= 15 is 0 Å². The average Bonchev–Trinajstić information content (AvgIpc) is 3.38. The maximum atomic E-state index is 13.3. The number of nitrogens with zero attached hydrogens (tertiary/aromatic N) is 3. The molecule has 0 aliphatic carbocycles. The van der Waals surface area contributed by atoms with Crippen LogP contribution >= 0.6 is 11.3 Å². The van der Waals surface area contributed by atoms with E-state index in [2.05, 4.69) is 20.6 Å². The number of thiazole rings is 1. The number of fused-ring (bicyclic) bond motifs is 1. The number of aromatic nitrogens is 3. The topological polar surface area (TPSA) is 135 Å². The van der Waals surface area contributed by atoms with Crippen LogP contribution in [0.1, 0.15) is 29.9 Å². The number of carboxylic acid groups (broad SMARTS) is 1. The third-order valence-corrected chi connectivity index (χ3v) is 6.62. The number of carbonyl (C=O) groups excluding carboxylic acids is 1. The van der Waals surface area contributed by atoms with Crippen LogP contribution in [-0.4, -0.2) is 51.4 Å². The van der Waals surface area contributed by atoms with Gasteiger partial charge < -0.3 is 19.7 Å². The molecule has 1 aromatic carbocycles. The summed E-state index contributed by atoms with van der Waals surface area (Å²) < 4.78 is 46.7. The molecule has 0 saturated heterocycles. The Morgan fingerprint density at radius 3 is 2.58 bits per heavy atom. The Kier molecular flexibility index (Phi) is 8.21. The van der Waals surface area contributed by atoms with E-state index < -0.39 is 34.9 Å². The molecule has 10 nitrogen and oxygen atoms in total. The second-order valence-corrected chi connectivity index (χ2v) is 9.86. The summed E-state index contributed by atoms with van der Waals surface area (Å²) in [5, 5.41) is 15.7. The lowest BCUT2D eigenvalue weighted by Crippen LogP contribution is -2.34. The van der Waals surface area contributed by atoms with Gasteiger partial charge in [0.1, 0.15) is 16.4 Å². The lowest BCUT2D eigenvalue weighted by atomic mass is 9.99. The van der Waals surface area contributed by atoms with Gasteiger partial charge in [-0.05, 0) is 37.6 Å². The van der Waals surface area contributed by atoms with Gasteiger partial charge in [0.25, 0.3) is 0 Å². The van der Waals surface area contributed by atoms with Crippen molar-refractivity contribution in [3.8, 4) is 21.7 Å². The number of anilines is 1. The Hall–Kier alpha value is -4.30. The van der Waals surface area contributed by atoms with Gasteiger partial charge in [-0.15, -0.1) is 11.3 Å². The van der Waals surface area contributed by atoms with Gasteiger partial charge in [0.05, 0.1) is 12.1 Å². The summed E-state index contributed by atoms with van der Waals surface area (Å²) in [6.07, 6.45) is -2.07. The third kappa shape index (κ3) is 6.13. The Bertz CT molecular complexity index is 1650. The fraction of sp³-hybridized carbons (Fsp3) is 0.269. The van der Waals surface area contributed by atoms with Crippen LogP contribution in [0.5, 0.6) is 0 Å². The fourth-order valence-electron chi connectivity index (χ4n) is 3.96. The predicted octanol–water partition coefficient (Wildman–Crippen LogP) is 5.08. The number of methoxy groups -OCH3 is 1. The van der Waals surface area contributed by atoms with E-state index in [1.165, 1.54) is 31.6 Å². The summed E-state index contributed by atoms with van der Waals surface area (Å²) in [6, 6.07) is 5.38. The van der Waals surface area contributed by atoms with Crippen LogP contribution in [0.3, 0.4) is 0 Å². The molecule has 0 saturated carbocycles. The molecule has 4 aromatic rings. The standard InChI is InChI=1S/C26H24F3N5O5S/c1-13(2)31-25(38)33-21-9-15(23-32-20(12-40-23)26(27,28)29)17(10-30-21)14-4-5-19-16(8-14)22(35)18(24(36)37)11-34(19)6-7-39-3/h4-5,8-13H,6-7H2,1-3H3,(H,36,37)(H2,30,31,33,38). The minimum atomic E-state index is -4.66. The quantitative estimate of drug-likeness (QED) is 0.267. The zero-order valence-electron chi connectivity index (χ0n) is 21.5. The first-order chi connectivity index (χ1) is 18.9. The predicted molar refractivity (Wildman–Crippen MR) is 144 cm³/mol. The van der Waals surface area contributed by atoms with Crippen molar-refractivity contribution in [1.82, 2.24) is 19.9 Å². The number of amides is 2. The molecule has 3 aromatic heterocycles. The van der Waals surface area contributed by atoms with Crippen molar-refractivity contribution < 1.29 is 32.6 Å². The molecular formula is C26H24F3N5O5S. The first-order valence-corrected chi connectivity index (χ1v) is 12.8. The zero-order valence-corrected chi connectivity index (χ0v) is 22.3. The first-order valence-electron chi connectivity index (χ1n) is 11.9. The average molecular weight is 576 g/mol. The van der Waals surface area contributed by atoms with Crippen LogP contribution in [-0.2, 0) is 17.5 Å². The Labute approximate surface area is 229 Å². The monoisotopic (exact) mass is 575 g/mol. The summed E-state index contributed by atoms with van der Waals surface area (Å²) in [6.45, 7) is 4.05. The highest BCUT2D eigenvalue weighted by atomic mass is 32.1. The van der Waals surface area contributed by atoms with Crippen LogP contribution in [0.15, 0.2) is 46.8 Å². The van der Waals surface area contributed by atoms with Crippen molar-refractivity contribution in [2.75, 3.05) is 19.0 Å². The summed E-state index contributed by atoms with van der Waals surface area (Å²) in [5.74, 6) is -1.33. The second-order valence-electron chi connectivity index (χ2n) is 9.00. The number of hydrogen-bond donors (Lipinski definition) is 3. The summed E-state index contributed by atoms with van der Waals surface area (Å²) in [4.78, 5) is 45.1. The van der Waals surface area contributed by atoms with Crippen LogP contribution in [0.4, 0.5) is 23.8 Å². The molecule has 2 amide bonds. The highest BCUT2D eigenvalue weighted by Gasteiger charge is 2.34. The number of carboxylic acids is 1. The number of carbonyl (C=O) groups is 2. The molecule has 0 bridgehead atoms. The van der Waals surface area contributed by atoms with Crippen LogP contribution < -0.4 is 16.1 Å². The smallest absolute Gasteiger partial charge is 0.434 e. The molecule has 0 fully saturated rings. The molecule has 14 heteroatoms. The molecule has 0 unspecified atom stereocenters. The number of halogens is 3. The van der Waals surface area contributed by atoms with Crippen molar-refractivity contribution in [1.29, 1.82) is 0 Å². The van der Waals surface area contributed by atoms with Crippen LogP contribution in [0.2, 0.25) is 0 Å². The van der Waals surface area contributed by atoms with E-state index in [9.17, 15) is 32.7 Å². The number of alkyl halides is 3. The molecule has 0 aliphatic heterocycles. The highest BCUT2D eigenvalue weighted by Crippen LogP contribution is 2.39. The molecule has 0 aliphatic rings. The third-order valence-electron chi connectivity index (χ3n) is 5.75.